The predicted octanol–water partition coefficient (Wildman–Crippen LogP) is -2.03. The first-order valence-corrected chi connectivity index (χ1v) is 0. The summed E-state index contributed by atoms with van der Waals surface area (Å²) in [4.78, 5) is 0. The summed E-state index contributed by atoms with van der Waals surface area (Å²) in [6.45, 7) is 0. The summed E-state index contributed by atoms with van der Waals surface area (Å²) in [5, 5.41) is 0. The van der Waals surface area contributed by atoms with Crippen LogP contribution in [0.25, 0.3) is 0 Å². The average Bonchev–Trinajstić information content (AvgIpc) is 1.81. The van der Waals surface area contributed by atoms with Crippen LogP contribution < -0.4 is 0 Å². The Morgan fingerprint density at radius 1 is 1.00 bits per heavy atom. The van der Waals surface area contributed by atoms with Crippen molar-refractivity contribution in [1.82, 2.24) is 0 Å². The van der Waals surface area contributed by atoms with E-state index in [0.717, 1.165) is 0 Å². The van der Waals surface area contributed by atoms with Crippen LogP contribution in [0.3, 0.4) is 0 Å². The first kappa shape index (κ1) is 9.07. The molecule has 0 aliphatic heterocycles. The normalized spacial score (nSPS) is 4.20. The zero-order valence-electron chi connectivity index (χ0n) is 5.79. The number of hydrogen-bond donors (Lipinski definition) is 0. The van der Waals surface area contributed by atoms with Crippen molar-refractivity contribution < 1.29 is 39.3 Å². The molecule has 1 radical (unpaired) electrons. The molecule has 0 aliphatic rings. The van der Waals surface area contributed by atoms with Crippen LogP contribution in [0.4, 0.5) is 0 Å². The van der Waals surface area contributed by atoms with Gasteiger partial charge in [0.2, 0.25) is 4.29 Å². The van der Waals surface area contributed by atoms with Crippen molar-refractivity contribution in [3.8, 4) is 0 Å². The topological polar surface area (TPSA) is 94.5 Å². The maximum absolute atomic E-state index is 6.25. The van der Waals surface area contributed by atoms with Gasteiger partial charge in [0.05, 0.1) is 0 Å². The van der Waals surface area contributed by atoms with Crippen molar-refractivity contribution in [2.45, 2.75) is 0 Å². The molecule has 0 rings (SSSR count). The van der Waals surface area contributed by atoms with E-state index in [4.69, 9.17) is 20.7 Å². The third-order valence-corrected chi connectivity index (χ3v) is 0. The molecule has 6 N–H and O–H groups in total. The van der Waals surface area contributed by atoms with E-state index < -0.39 is 0 Å². The fourth-order valence-corrected chi connectivity index (χ4v) is 0. The predicted molar refractivity (Wildman–Crippen MR) is 17.3 cm³/mol. The minimum absolute atomic E-state index is 0. The summed E-state index contributed by atoms with van der Waals surface area (Å²) in [5.74, 6) is 0. The molecular formula is CH9O3V-. The van der Waals surface area contributed by atoms with E-state index in [2.05, 4.69) is 0 Å². The zero-order chi connectivity index (χ0) is 6.00. The van der Waals surface area contributed by atoms with Crippen LogP contribution in [0.5, 0.6) is 0 Å². The summed E-state index contributed by atoms with van der Waals surface area (Å²) in [5.41, 5.74) is 18.8. The Morgan fingerprint density at radius 2 is 1.00 bits per heavy atom. The van der Waals surface area contributed by atoms with Gasteiger partial charge in [0.15, 0.2) is 0 Å². The van der Waals surface area contributed by atoms with Gasteiger partial charge in [-0.15, -0.1) is 0 Å². The Hall–Kier alpha value is 0.464. The molecule has 0 amide bonds. The van der Waals surface area contributed by atoms with Gasteiger partial charge in [-0.2, -0.15) is 0 Å². The van der Waals surface area contributed by atoms with Gasteiger partial charge >= 0.3 is 0 Å². The summed E-state index contributed by atoms with van der Waals surface area (Å²) >= 11 is 0. The van der Waals surface area contributed by atoms with Crippen LogP contribution in [-0.4, -0.2) is 16.4 Å². The quantitative estimate of drug-likeness (QED) is 0.332. The van der Waals surface area contributed by atoms with Crippen LogP contribution in [0.2, 0.25) is 0 Å². The Labute approximate surface area is 47.7 Å². The van der Waals surface area contributed by atoms with Crippen LogP contribution in [0, 0.1) is 7.43 Å². The van der Waals surface area contributed by atoms with Gasteiger partial charge in [0, 0.05) is 18.6 Å². The Bertz CT molecular complexity index is 14.5. The van der Waals surface area contributed by atoms with Crippen molar-refractivity contribution in [2.24, 2.45) is 0 Å². The molecule has 3 nitrogen and oxygen atoms in total. The molecule has 0 saturated carbocycles. The average molecular weight is 123 g/mol. The van der Waals surface area contributed by atoms with E-state index in [1.807, 2.05) is 0 Å². The second-order valence-corrected chi connectivity index (χ2v) is 0. The van der Waals surface area contributed by atoms with Gasteiger partial charge in [0.1, 0.15) is 0 Å². The molecule has 0 atom stereocenters. The summed E-state index contributed by atoms with van der Waals surface area (Å²) in [7, 11) is 0. The molecule has 0 heterocycles. The van der Waals surface area contributed by atoms with Crippen LogP contribution in [-0.2, 0) is 18.6 Å². The second-order valence-electron chi connectivity index (χ2n) is 0. The first-order valence-electron chi connectivity index (χ1n) is 1.34. The largest absolute Gasteiger partial charge is 0.412 e. The van der Waals surface area contributed by atoms with E-state index in [1.54, 1.807) is 0 Å². The fourth-order valence-electron chi connectivity index (χ4n) is 0. The van der Waals surface area contributed by atoms with E-state index in [-0.39, 0.29) is 26.0 Å². The third kappa shape index (κ3) is 126. The van der Waals surface area contributed by atoms with E-state index in [9.17, 15) is 0 Å². The summed E-state index contributed by atoms with van der Waals surface area (Å²) in [6.07, 6.45) is 0. The molecule has 4 heteroatoms. The molecule has 0 aliphatic carbocycles. The first-order chi connectivity index (χ1) is 3.00. The zero-order valence-corrected chi connectivity index (χ0v) is 4.19. The Balaban J connectivity index is -0.00000000500. The van der Waals surface area contributed by atoms with Crippen LogP contribution in [0.15, 0.2) is 0 Å². The summed E-state index contributed by atoms with van der Waals surface area (Å²) in [6, 6.07) is 0. The van der Waals surface area contributed by atoms with E-state index in [0.29, 0.717) is 0 Å². The smallest absolute Gasteiger partial charge is 0.206 e. The fraction of sp³-hybridized carbons (Fsp3) is 0. The number of hydrogen-bond acceptors (Lipinski definition) is 0. The van der Waals surface area contributed by atoms with Crippen molar-refractivity contribution in [1.29, 1.82) is 0 Å². The molecule has 0 spiro atoms. The van der Waals surface area contributed by atoms with Crippen molar-refractivity contribution in [3.05, 3.63) is 7.43 Å². The van der Waals surface area contributed by atoms with Crippen molar-refractivity contribution >= 4 is 0 Å². The standard InChI is InChI=1S/CH3.3H2O.V/h1H3;3*1H2;/q-1;;;;/i/hD3. The molecule has 0 unspecified atom stereocenters. The molecule has 0 saturated heterocycles. The van der Waals surface area contributed by atoms with Gasteiger partial charge < -0.3 is 23.9 Å². The molecular weight excluding hydrogens is 111 g/mol. The van der Waals surface area contributed by atoms with Gasteiger partial charge in [-0.1, -0.05) is 0 Å². The molecule has 0 fully saturated rings. The van der Waals surface area contributed by atoms with Crippen molar-refractivity contribution in [3.63, 3.8) is 0 Å². The minimum Gasteiger partial charge on any atom is -0.412 e. The second kappa shape index (κ2) is 248. The minimum atomic E-state index is 0. The molecule has 0 aromatic rings. The Kier molecular flexibility index (Phi) is 451. The van der Waals surface area contributed by atoms with E-state index in [1.165, 1.54) is 0 Å². The van der Waals surface area contributed by atoms with Crippen molar-refractivity contribution in [2.75, 3.05) is 0 Å². The monoisotopic (exact) mass is 123 g/mol. The maximum Gasteiger partial charge on any atom is 0.206 e. The maximum atomic E-state index is 6.25. The van der Waals surface area contributed by atoms with Gasteiger partial charge in [-0.3, -0.25) is 0 Å². The van der Waals surface area contributed by atoms with Crippen LogP contribution in [0.1, 0.15) is 4.29 Å². The SMILES string of the molecule is [2H]O.[2H]O.[2H]O.[CH3-].[V]. The molecule has 37 valence electrons. The van der Waals surface area contributed by atoms with Gasteiger partial charge in [0.25, 0.3) is 0 Å². The third-order valence-electron chi connectivity index (χ3n) is 0. The summed E-state index contributed by atoms with van der Waals surface area (Å²) < 4.78 is 14.2. The van der Waals surface area contributed by atoms with Crippen LogP contribution >= 0.6 is 0 Å². The molecule has 0 bridgehead atoms. The van der Waals surface area contributed by atoms with Gasteiger partial charge in [-0.05, 0) is 0 Å². The Morgan fingerprint density at radius 3 is 1.00 bits per heavy atom. The molecule has 5 heavy (non-hydrogen) atoms. The molecule has 0 aromatic heterocycles. The molecule has 0 aromatic carbocycles. The van der Waals surface area contributed by atoms with Gasteiger partial charge in [-0.25, -0.2) is 0 Å². The number of rotatable bonds is 0. The van der Waals surface area contributed by atoms with E-state index >= 15 is 0 Å².